The van der Waals surface area contributed by atoms with Gasteiger partial charge in [0.2, 0.25) is 5.91 Å². The Hall–Kier alpha value is -1.79. The number of hydrogen-bond acceptors (Lipinski definition) is 5. The number of aromatic nitrogens is 2. The normalized spacial score (nSPS) is 18.1. The van der Waals surface area contributed by atoms with Crippen molar-refractivity contribution in [1.82, 2.24) is 20.2 Å². The van der Waals surface area contributed by atoms with E-state index < -0.39 is 0 Å². The Morgan fingerprint density at radius 3 is 3.17 bits per heavy atom. The number of carbonyl (C=O) groups is 1. The molecule has 3 rings (SSSR count). The fourth-order valence-electron chi connectivity index (χ4n) is 2.96. The number of hydrogen-bond donors (Lipinski definition) is 1. The summed E-state index contributed by atoms with van der Waals surface area (Å²) in [4.78, 5) is 23.3. The lowest BCUT2D eigenvalue weighted by molar-refractivity contribution is -0.134. The van der Waals surface area contributed by atoms with Crippen LogP contribution >= 0.6 is 11.3 Å². The number of piperazine rings is 1. The summed E-state index contributed by atoms with van der Waals surface area (Å²) < 4.78 is 0. The molecule has 2 aromatic heterocycles. The van der Waals surface area contributed by atoms with Crippen molar-refractivity contribution in [3.63, 3.8) is 0 Å². The van der Waals surface area contributed by atoms with E-state index in [0.717, 1.165) is 48.7 Å². The van der Waals surface area contributed by atoms with Gasteiger partial charge in [0.15, 0.2) is 0 Å². The maximum Gasteiger partial charge on any atom is 0.223 e. The van der Waals surface area contributed by atoms with E-state index in [9.17, 15) is 4.79 Å². The van der Waals surface area contributed by atoms with Gasteiger partial charge in [-0.2, -0.15) is 0 Å². The van der Waals surface area contributed by atoms with Crippen LogP contribution in [0.4, 0.5) is 0 Å². The SMILES string of the molecule is Cc1nc(CCCC(=O)N2CCNCC2c2cccnc2)cs1. The first kappa shape index (κ1) is 16.1. The molecular formula is C17H22N4OS. The minimum Gasteiger partial charge on any atom is -0.333 e. The molecule has 1 aliphatic heterocycles. The number of rotatable bonds is 5. The van der Waals surface area contributed by atoms with Gasteiger partial charge in [-0.05, 0) is 31.4 Å². The summed E-state index contributed by atoms with van der Waals surface area (Å²) in [5, 5.41) is 6.55. The van der Waals surface area contributed by atoms with Crippen molar-refractivity contribution in [2.75, 3.05) is 19.6 Å². The Bertz CT molecular complexity index is 643. The van der Waals surface area contributed by atoms with Gasteiger partial charge in [0.05, 0.1) is 16.7 Å². The summed E-state index contributed by atoms with van der Waals surface area (Å²) in [5.41, 5.74) is 2.20. The molecule has 1 atom stereocenters. The smallest absolute Gasteiger partial charge is 0.223 e. The van der Waals surface area contributed by atoms with Gasteiger partial charge in [-0.1, -0.05) is 6.07 Å². The molecule has 0 spiro atoms. The highest BCUT2D eigenvalue weighted by Gasteiger charge is 2.27. The van der Waals surface area contributed by atoms with Crippen molar-refractivity contribution in [3.05, 3.63) is 46.2 Å². The molecule has 1 fully saturated rings. The summed E-state index contributed by atoms with van der Waals surface area (Å²) in [6.07, 6.45) is 5.93. The van der Waals surface area contributed by atoms with E-state index in [1.54, 1.807) is 17.5 Å². The van der Waals surface area contributed by atoms with E-state index in [0.29, 0.717) is 6.42 Å². The lowest BCUT2D eigenvalue weighted by Gasteiger charge is -2.36. The third kappa shape index (κ3) is 4.14. The summed E-state index contributed by atoms with van der Waals surface area (Å²) in [6.45, 7) is 4.42. The standard InChI is InChI=1S/C17H22N4OS/c1-13-20-15(12-23-13)5-2-6-17(22)21-9-8-19-11-16(21)14-4-3-7-18-10-14/h3-4,7,10,12,16,19H,2,5-6,8-9,11H2,1H3. The highest BCUT2D eigenvalue weighted by molar-refractivity contribution is 7.09. The second-order valence-electron chi connectivity index (χ2n) is 5.80. The lowest BCUT2D eigenvalue weighted by atomic mass is 10.0. The molecule has 0 bridgehead atoms. The van der Waals surface area contributed by atoms with Crippen molar-refractivity contribution >= 4 is 17.2 Å². The van der Waals surface area contributed by atoms with Gasteiger partial charge in [-0.15, -0.1) is 11.3 Å². The Kier molecular flexibility index (Phi) is 5.35. The monoisotopic (exact) mass is 330 g/mol. The molecule has 0 aliphatic carbocycles. The van der Waals surface area contributed by atoms with Crippen molar-refractivity contribution in [2.24, 2.45) is 0 Å². The van der Waals surface area contributed by atoms with E-state index in [2.05, 4.69) is 20.7 Å². The van der Waals surface area contributed by atoms with Crippen LogP contribution in [0.25, 0.3) is 0 Å². The van der Waals surface area contributed by atoms with Crippen LogP contribution in [0.3, 0.4) is 0 Å². The van der Waals surface area contributed by atoms with E-state index in [-0.39, 0.29) is 11.9 Å². The number of pyridine rings is 1. The minimum absolute atomic E-state index is 0.0893. The average molecular weight is 330 g/mol. The van der Waals surface area contributed by atoms with Crippen LogP contribution in [0.2, 0.25) is 0 Å². The van der Waals surface area contributed by atoms with Gasteiger partial charge in [-0.3, -0.25) is 9.78 Å². The highest BCUT2D eigenvalue weighted by Crippen LogP contribution is 2.22. The van der Waals surface area contributed by atoms with Crippen molar-refractivity contribution in [2.45, 2.75) is 32.2 Å². The quantitative estimate of drug-likeness (QED) is 0.914. The van der Waals surface area contributed by atoms with Crippen molar-refractivity contribution in [1.29, 1.82) is 0 Å². The molecule has 23 heavy (non-hydrogen) atoms. The molecule has 1 amide bonds. The zero-order valence-corrected chi connectivity index (χ0v) is 14.2. The summed E-state index contributed by atoms with van der Waals surface area (Å²) >= 11 is 1.67. The summed E-state index contributed by atoms with van der Waals surface area (Å²) in [5.74, 6) is 0.229. The Morgan fingerprint density at radius 2 is 2.43 bits per heavy atom. The van der Waals surface area contributed by atoms with Crippen LogP contribution < -0.4 is 5.32 Å². The van der Waals surface area contributed by atoms with Gasteiger partial charge < -0.3 is 10.2 Å². The van der Waals surface area contributed by atoms with Gasteiger partial charge in [-0.25, -0.2) is 4.98 Å². The first-order valence-electron chi connectivity index (χ1n) is 8.05. The Balaban J connectivity index is 1.58. The second kappa shape index (κ2) is 7.66. The molecule has 6 heteroatoms. The molecule has 2 aromatic rings. The van der Waals surface area contributed by atoms with Gasteiger partial charge in [0, 0.05) is 43.8 Å². The minimum atomic E-state index is 0.0893. The van der Waals surface area contributed by atoms with Crippen LogP contribution in [0.15, 0.2) is 29.9 Å². The predicted molar refractivity (Wildman–Crippen MR) is 91.3 cm³/mol. The number of amides is 1. The Labute approximate surface area is 140 Å². The van der Waals surface area contributed by atoms with E-state index in [1.165, 1.54) is 0 Å². The molecule has 1 unspecified atom stereocenters. The number of nitrogens with zero attached hydrogens (tertiary/aromatic N) is 3. The molecule has 5 nitrogen and oxygen atoms in total. The summed E-state index contributed by atoms with van der Waals surface area (Å²) in [6, 6.07) is 4.06. The van der Waals surface area contributed by atoms with Crippen LogP contribution in [0, 0.1) is 6.92 Å². The molecule has 1 N–H and O–H groups in total. The van der Waals surface area contributed by atoms with Crippen LogP contribution in [-0.4, -0.2) is 40.4 Å². The van der Waals surface area contributed by atoms with Crippen LogP contribution in [0.5, 0.6) is 0 Å². The predicted octanol–water partition coefficient (Wildman–Crippen LogP) is 2.34. The fourth-order valence-corrected chi connectivity index (χ4v) is 3.61. The number of nitrogens with one attached hydrogen (secondary N) is 1. The van der Waals surface area contributed by atoms with Gasteiger partial charge >= 0.3 is 0 Å². The molecule has 0 aromatic carbocycles. The van der Waals surface area contributed by atoms with E-state index >= 15 is 0 Å². The maximum absolute atomic E-state index is 12.6. The zero-order chi connectivity index (χ0) is 16.1. The fraction of sp³-hybridized carbons (Fsp3) is 0.471. The summed E-state index contributed by atoms with van der Waals surface area (Å²) in [7, 11) is 0. The van der Waals surface area contributed by atoms with Gasteiger partial charge in [0.1, 0.15) is 0 Å². The van der Waals surface area contributed by atoms with Crippen molar-refractivity contribution in [3.8, 4) is 0 Å². The van der Waals surface area contributed by atoms with Crippen LogP contribution in [-0.2, 0) is 11.2 Å². The molecule has 1 aliphatic rings. The van der Waals surface area contributed by atoms with Gasteiger partial charge in [0.25, 0.3) is 0 Å². The molecule has 0 saturated carbocycles. The topological polar surface area (TPSA) is 58.1 Å². The van der Waals surface area contributed by atoms with E-state index in [4.69, 9.17) is 0 Å². The number of aryl methyl sites for hydroxylation is 2. The molecule has 1 saturated heterocycles. The second-order valence-corrected chi connectivity index (χ2v) is 6.87. The molecule has 0 radical (unpaired) electrons. The van der Waals surface area contributed by atoms with Crippen LogP contribution in [0.1, 0.15) is 35.1 Å². The first-order valence-corrected chi connectivity index (χ1v) is 8.93. The Morgan fingerprint density at radius 1 is 1.52 bits per heavy atom. The first-order chi connectivity index (χ1) is 11.2. The highest BCUT2D eigenvalue weighted by atomic mass is 32.1. The number of carbonyl (C=O) groups excluding carboxylic acids is 1. The van der Waals surface area contributed by atoms with E-state index in [1.807, 2.05) is 30.2 Å². The molecule has 122 valence electrons. The molecular weight excluding hydrogens is 308 g/mol. The average Bonchev–Trinajstić information content (AvgIpc) is 3.01. The van der Waals surface area contributed by atoms with Crippen molar-refractivity contribution < 1.29 is 4.79 Å². The zero-order valence-electron chi connectivity index (χ0n) is 13.4. The third-order valence-corrected chi connectivity index (χ3v) is 4.95. The third-order valence-electron chi connectivity index (χ3n) is 4.12. The number of thiazole rings is 1. The maximum atomic E-state index is 12.6. The lowest BCUT2D eigenvalue weighted by Crippen LogP contribution is -2.48. The largest absolute Gasteiger partial charge is 0.333 e. The molecule has 3 heterocycles.